The highest BCUT2D eigenvalue weighted by Gasteiger charge is 2.29. The van der Waals surface area contributed by atoms with Crippen LogP contribution in [0.5, 0.6) is 11.5 Å². The molecule has 0 amide bonds. The van der Waals surface area contributed by atoms with Crippen molar-refractivity contribution in [3.63, 3.8) is 0 Å². The fraction of sp³-hybridized carbons (Fsp3) is 0.0690. The second kappa shape index (κ2) is 7.67. The molecule has 0 N–H and O–H groups in total. The van der Waals surface area contributed by atoms with Crippen LogP contribution in [-0.4, -0.2) is 23.5 Å². The Labute approximate surface area is 203 Å². The smallest absolute Gasteiger partial charge is 0.151 e. The van der Waals surface area contributed by atoms with E-state index in [-0.39, 0.29) is 0 Å². The van der Waals surface area contributed by atoms with E-state index in [1.165, 1.54) is 11.4 Å². The van der Waals surface area contributed by atoms with Crippen molar-refractivity contribution in [2.75, 3.05) is 28.4 Å². The lowest BCUT2D eigenvalue weighted by molar-refractivity contribution is 0.477. The molecule has 3 heterocycles. The Balaban J connectivity index is 1.38. The van der Waals surface area contributed by atoms with E-state index < -0.39 is 0 Å². The Morgan fingerprint density at radius 1 is 0.657 bits per heavy atom. The summed E-state index contributed by atoms with van der Waals surface area (Å²) in [5.74, 6) is 1.67. The molecule has 5 aromatic rings. The summed E-state index contributed by atoms with van der Waals surface area (Å²) in [6, 6.07) is 33.5. The molecule has 0 atom stereocenters. The second-order valence-corrected chi connectivity index (χ2v) is 8.78. The predicted molar refractivity (Wildman–Crippen MR) is 140 cm³/mol. The van der Waals surface area contributed by atoms with E-state index in [0.717, 1.165) is 46.6 Å². The molecule has 1 aromatic heterocycles. The van der Waals surface area contributed by atoms with Crippen molar-refractivity contribution in [1.82, 2.24) is 9.78 Å². The highest BCUT2D eigenvalue weighted by atomic mass is 16.5. The van der Waals surface area contributed by atoms with Crippen LogP contribution in [0.3, 0.4) is 0 Å². The molecule has 4 aromatic carbocycles. The maximum Gasteiger partial charge on any atom is 0.151 e. The van der Waals surface area contributed by atoms with Crippen LogP contribution in [0.2, 0.25) is 0 Å². The predicted octanol–water partition coefficient (Wildman–Crippen LogP) is 6.99. The van der Waals surface area contributed by atoms with Gasteiger partial charge in [0.1, 0.15) is 0 Å². The fourth-order valence-electron chi connectivity index (χ4n) is 4.99. The van der Waals surface area contributed by atoms with Crippen molar-refractivity contribution in [2.45, 2.75) is 0 Å². The molecule has 6 nitrogen and oxygen atoms in total. The third-order valence-corrected chi connectivity index (χ3v) is 6.62. The monoisotopic (exact) mass is 457 g/mol. The van der Waals surface area contributed by atoms with Gasteiger partial charge in [-0.3, -0.25) is 0 Å². The van der Waals surface area contributed by atoms with Gasteiger partial charge in [0.05, 0.1) is 35.1 Å². The molecule has 170 valence electrons. The SMILES string of the molecule is CN1CN(c2ccc3c(c2)N(c2cccc(-n4cccn4)c2)c2ccccc2O3)c2ccccc21. The van der Waals surface area contributed by atoms with Gasteiger partial charge in [-0.2, -0.15) is 5.10 Å². The molecule has 35 heavy (non-hydrogen) atoms. The lowest BCUT2D eigenvalue weighted by Gasteiger charge is -2.34. The lowest BCUT2D eigenvalue weighted by Crippen LogP contribution is -2.24. The van der Waals surface area contributed by atoms with Gasteiger partial charge in [-0.1, -0.05) is 30.3 Å². The summed E-state index contributed by atoms with van der Waals surface area (Å²) in [6.07, 6.45) is 3.75. The maximum atomic E-state index is 6.35. The minimum Gasteiger partial charge on any atom is -0.453 e. The molecule has 0 unspecified atom stereocenters. The molecular weight excluding hydrogens is 434 g/mol. The van der Waals surface area contributed by atoms with Crippen LogP contribution in [0.4, 0.5) is 34.1 Å². The van der Waals surface area contributed by atoms with Crippen LogP contribution in [0.15, 0.2) is 109 Å². The van der Waals surface area contributed by atoms with Crippen molar-refractivity contribution < 1.29 is 4.74 Å². The molecule has 2 aliphatic rings. The molecule has 6 heteroatoms. The second-order valence-electron chi connectivity index (χ2n) is 8.78. The van der Waals surface area contributed by atoms with E-state index in [0.29, 0.717) is 0 Å². The Hall–Kier alpha value is -4.71. The van der Waals surface area contributed by atoms with Gasteiger partial charge in [0.15, 0.2) is 11.5 Å². The van der Waals surface area contributed by atoms with Crippen LogP contribution < -0.4 is 19.4 Å². The van der Waals surface area contributed by atoms with Gasteiger partial charge in [0.25, 0.3) is 0 Å². The first kappa shape index (κ1) is 19.7. The van der Waals surface area contributed by atoms with E-state index >= 15 is 0 Å². The van der Waals surface area contributed by atoms with E-state index in [1.807, 2.05) is 35.1 Å². The minimum absolute atomic E-state index is 0.796. The Bertz CT molecular complexity index is 1540. The zero-order valence-corrected chi connectivity index (χ0v) is 19.2. The number of fused-ring (bicyclic) bond motifs is 3. The number of hydrogen-bond donors (Lipinski definition) is 0. The molecular formula is C29H23N5O. The molecule has 0 radical (unpaired) electrons. The summed E-state index contributed by atoms with van der Waals surface area (Å²) in [6.45, 7) is 0.796. The maximum absolute atomic E-state index is 6.35. The Morgan fingerprint density at radius 2 is 1.43 bits per heavy atom. The quantitative estimate of drug-likeness (QED) is 0.286. The largest absolute Gasteiger partial charge is 0.453 e. The molecule has 0 saturated heterocycles. The Kier molecular flexibility index (Phi) is 4.32. The third kappa shape index (κ3) is 3.14. The van der Waals surface area contributed by atoms with Gasteiger partial charge in [-0.05, 0) is 66.7 Å². The van der Waals surface area contributed by atoms with Crippen molar-refractivity contribution in [3.8, 4) is 17.2 Å². The molecule has 0 bridgehead atoms. The Morgan fingerprint density at radius 3 is 2.29 bits per heavy atom. The van der Waals surface area contributed by atoms with Crippen molar-refractivity contribution in [2.24, 2.45) is 0 Å². The van der Waals surface area contributed by atoms with E-state index in [4.69, 9.17) is 4.74 Å². The number of aromatic nitrogens is 2. The average molecular weight is 458 g/mol. The molecule has 7 rings (SSSR count). The first-order valence-corrected chi connectivity index (χ1v) is 11.7. The van der Waals surface area contributed by atoms with Crippen molar-refractivity contribution >= 4 is 34.1 Å². The first-order chi connectivity index (χ1) is 17.3. The van der Waals surface area contributed by atoms with Gasteiger partial charge in [0.2, 0.25) is 0 Å². The van der Waals surface area contributed by atoms with Crippen LogP contribution >= 0.6 is 0 Å². The highest BCUT2D eigenvalue weighted by Crippen LogP contribution is 2.52. The number of benzene rings is 4. The summed E-state index contributed by atoms with van der Waals surface area (Å²) < 4.78 is 8.23. The summed E-state index contributed by atoms with van der Waals surface area (Å²) in [4.78, 5) is 6.89. The van der Waals surface area contributed by atoms with Crippen LogP contribution in [0.1, 0.15) is 0 Å². The van der Waals surface area contributed by atoms with Gasteiger partial charge >= 0.3 is 0 Å². The molecule has 0 spiro atoms. The standard InChI is InChI=1S/C29H23N5O/c1-31-20-32(25-11-3-2-10-24(25)31)21-14-15-29-27(19-21)34(26-12-4-5-13-28(26)35-29)23-9-6-8-22(18-23)33-17-7-16-30-33/h2-19H,20H2,1H3. The number of para-hydroxylation sites is 4. The van der Waals surface area contributed by atoms with E-state index in [9.17, 15) is 0 Å². The fourth-order valence-corrected chi connectivity index (χ4v) is 4.99. The lowest BCUT2D eigenvalue weighted by atomic mass is 10.1. The average Bonchev–Trinajstić information content (AvgIpc) is 3.56. The third-order valence-electron chi connectivity index (χ3n) is 6.62. The van der Waals surface area contributed by atoms with E-state index in [1.54, 1.807) is 6.20 Å². The summed E-state index contributed by atoms with van der Waals surface area (Å²) >= 11 is 0. The molecule has 2 aliphatic heterocycles. The van der Waals surface area contributed by atoms with Gasteiger partial charge < -0.3 is 19.4 Å². The topological polar surface area (TPSA) is 36.8 Å². The van der Waals surface area contributed by atoms with Crippen molar-refractivity contribution in [3.05, 3.63) is 109 Å². The van der Waals surface area contributed by atoms with Gasteiger partial charge in [0, 0.05) is 30.8 Å². The zero-order chi connectivity index (χ0) is 23.4. The molecule has 0 aliphatic carbocycles. The number of ether oxygens (including phenoxy) is 1. The van der Waals surface area contributed by atoms with Crippen LogP contribution in [0.25, 0.3) is 5.69 Å². The summed E-state index contributed by atoms with van der Waals surface area (Å²) in [5, 5.41) is 4.42. The number of hydrogen-bond acceptors (Lipinski definition) is 5. The highest BCUT2D eigenvalue weighted by molar-refractivity contribution is 5.90. The van der Waals surface area contributed by atoms with Crippen LogP contribution in [0, 0.1) is 0 Å². The summed E-state index contributed by atoms with van der Waals surface area (Å²) in [5.41, 5.74) is 7.63. The minimum atomic E-state index is 0.796. The first-order valence-electron chi connectivity index (χ1n) is 11.7. The zero-order valence-electron chi connectivity index (χ0n) is 19.2. The van der Waals surface area contributed by atoms with Gasteiger partial charge in [-0.25, -0.2) is 4.68 Å². The molecule has 0 saturated carbocycles. The van der Waals surface area contributed by atoms with Gasteiger partial charge in [-0.15, -0.1) is 0 Å². The summed E-state index contributed by atoms with van der Waals surface area (Å²) in [7, 11) is 2.13. The number of nitrogens with zero attached hydrogens (tertiary/aromatic N) is 5. The van der Waals surface area contributed by atoms with Crippen LogP contribution in [-0.2, 0) is 0 Å². The number of anilines is 6. The molecule has 0 fully saturated rings. The number of rotatable bonds is 3. The van der Waals surface area contributed by atoms with Crippen molar-refractivity contribution in [1.29, 1.82) is 0 Å². The normalized spacial score (nSPS) is 13.8. The van der Waals surface area contributed by atoms with E-state index in [2.05, 4.69) is 99.6 Å².